The van der Waals surface area contributed by atoms with Gasteiger partial charge in [-0.15, -0.1) is 0 Å². The number of carbonyl (C=O) groups is 2. The average Bonchev–Trinajstić information content (AvgIpc) is 2.63. The molecule has 1 amide bonds. The third kappa shape index (κ3) is 5.81. The van der Waals surface area contributed by atoms with E-state index < -0.39 is 29.5 Å². The van der Waals surface area contributed by atoms with E-state index in [4.69, 9.17) is 9.47 Å². The highest BCUT2D eigenvalue weighted by atomic mass is 16.6. The van der Waals surface area contributed by atoms with Gasteiger partial charge in [0, 0.05) is 12.1 Å². The first-order chi connectivity index (χ1) is 12.8. The van der Waals surface area contributed by atoms with Gasteiger partial charge in [0.1, 0.15) is 5.75 Å². The number of anilines is 1. The molecule has 0 saturated carbocycles. The van der Waals surface area contributed by atoms with Crippen molar-refractivity contribution in [1.29, 1.82) is 0 Å². The minimum Gasteiger partial charge on any atom is -0.479 e. The third-order valence-electron chi connectivity index (χ3n) is 3.72. The highest BCUT2D eigenvalue weighted by Gasteiger charge is 2.18. The molecule has 8 heteroatoms. The van der Waals surface area contributed by atoms with Crippen LogP contribution in [0.1, 0.15) is 18.1 Å². The van der Waals surface area contributed by atoms with Gasteiger partial charge in [-0.3, -0.25) is 14.9 Å². The van der Waals surface area contributed by atoms with Crippen molar-refractivity contribution in [1.82, 2.24) is 0 Å². The first kappa shape index (κ1) is 19.9. The van der Waals surface area contributed by atoms with Gasteiger partial charge in [-0.25, -0.2) is 4.79 Å². The van der Waals surface area contributed by atoms with Gasteiger partial charge in [0.15, 0.2) is 12.7 Å². The fourth-order valence-electron chi connectivity index (χ4n) is 2.17. The van der Waals surface area contributed by atoms with Gasteiger partial charge in [-0.05, 0) is 38.5 Å². The Morgan fingerprint density at radius 1 is 1.15 bits per heavy atom. The predicted octanol–water partition coefficient (Wildman–Crippen LogP) is 3.16. The van der Waals surface area contributed by atoms with Crippen molar-refractivity contribution in [3.8, 4) is 5.75 Å². The maximum absolute atomic E-state index is 12.0. The predicted molar refractivity (Wildman–Crippen MR) is 98.7 cm³/mol. The Labute approximate surface area is 156 Å². The standard InChI is InChI=1S/C19H20N2O6/c1-12-4-8-16(9-5-12)27-14(3)19(23)26-11-18(22)20-17-10-15(21(24)25)7-6-13(17)2/h4-10,14H,11H2,1-3H3,(H,20,22). The number of nitrogens with zero attached hydrogens (tertiary/aromatic N) is 1. The van der Waals surface area contributed by atoms with E-state index in [-0.39, 0.29) is 11.4 Å². The molecule has 2 rings (SSSR count). The molecule has 142 valence electrons. The quantitative estimate of drug-likeness (QED) is 0.454. The van der Waals surface area contributed by atoms with Crippen molar-refractivity contribution >= 4 is 23.3 Å². The van der Waals surface area contributed by atoms with Gasteiger partial charge in [0.25, 0.3) is 11.6 Å². The highest BCUT2D eigenvalue weighted by Crippen LogP contribution is 2.21. The van der Waals surface area contributed by atoms with Crippen LogP contribution in [-0.2, 0) is 14.3 Å². The van der Waals surface area contributed by atoms with E-state index in [9.17, 15) is 19.7 Å². The summed E-state index contributed by atoms with van der Waals surface area (Å²) in [4.78, 5) is 34.2. The van der Waals surface area contributed by atoms with E-state index in [0.717, 1.165) is 5.56 Å². The van der Waals surface area contributed by atoms with Gasteiger partial charge in [-0.1, -0.05) is 23.8 Å². The number of nitro benzene ring substituents is 1. The summed E-state index contributed by atoms with van der Waals surface area (Å²) in [6.45, 7) is 4.62. The number of rotatable bonds is 7. The Morgan fingerprint density at radius 3 is 2.44 bits per heavy atom. The molecule has 0 aromatic heterocycles. The van der Waals surface area contributed by atoms with Gasteiger partial charge in [-0.2, -0.15) is 0 Å². The van der Waals surface area contributed by atoms with Gasteiger partial charge >= 0.3 is 5.97 Å². The van der Waals surface area contributed by atoms with Crippen LogP contribution in [0.5, 0.6) is 5.75 Å². The normalized spacial score (nSPS) is 11.4. The fraction of sp³-hybridized carbons (Fsp3) is 0.263. The lowest BCUT2D eigenvalue weighted by Gasteiger charge is -2.14. The summed E-state index contributed by atoms with van der Waals surface area (Å²) in [5, 5.41) is 13.3. The molecule has 8 nitrogen and oxygen atoms in total. The second-order valence-corrected chi connectivity index (χ2v) is 5.99. The van der Waals surface area contributed by atoms with E-state index in [2.05, 4.69) is 5.32 Å². The number of esters is 1. The van der Waals surface area contributed by atoms with E-state index in [0.29, 0.717) is 11.3 Å². The van der Waals surface area contributed by atoms with Gasteiger partial charge < -0.3 is 14.8 Å². The second-order valence-electron chi connectivity index (χ2n) is 5.99. The molecule has 1 N–H and O–H groups in total. The van der Waals surface area contributed by atoms with E-state index in [1.54, 1.807) is 19.1 Å². The number of amides is 1. The highest BCUT2D eigenvalue weighted by molar-refractivity contribution is 5.94. The summed E-state index contributed by atoms with van der Waals surface area (Å²) in [7, 11) is 0. The Kier molecular flexibility index (Phi) is 6.48. The zero-order chi connectivity index (χ0) is 20.0. The van der Waals surface area contributed by atoms with Crippen molar-refractivity contribution in [3.63, 3.8) is 0 Å². The molecule has 0 bridgehead atoms. The first-order valence-electron chi connectivity index (χ1n) is 8.21. The Morgan fingerprint density at radius 2 is 1.81 bits per heavy atom. The lowest BCUT2D eigenvalue weighted by molar-refractivity contribution is -0.384. The smallest absolute Gasteiger partial charge is 0.347 e. The Bertz CT molecular complexity index is 848. The zero-order valence-electron chi connectivity index (χ0n) is 15.2. The maximum Gasteiger partial charge on any atom is 0.347 e. The zero-order valence-corrected chi connectivity index (χ0v) is 15.2. The molecule has 0 aliphatic carbocycles. The minimum absolute atomic E-state index is 0.145. The van der Waals surface area contributed by atoms with Crippen LogP contribution in [0.3, 0.4) is 0 Å². The number of nitro groups is 1. The number of nitrogens with one attached hydrogen (secondary N) is 1. The molecule has 0 spiro atoms. The largest absolute Gasteiger partial charge is 0.479 e. The summed E-state index contributed by atoms with van der Waals surface area (Å²) in [5.41, 5.74) is 1.85. The molecule has 1 unspecified atom stereocenters. The summed E-state index contributed by atoms with van der Waals surface area (Å²) in [6, 6.07) is 11.3. The fourth-order valence-corrected chi connectivity index (χ4v) is 2.17. The van der Waals surface area contributed by atoms with E-state index in [1.165, 1.54) is 25.1 Å². The topological polar surface area (TPSA) is 108 Å². The number of hydrogen-bond donors (Lipinski definition) is 1. The van der Waals surface area contributed by atoms with Crippen LogP contribution in [0.4, 0.5) is 11.4 Å². The average molecular weight is 372 g/mol. The molecular formula is C19H20N2O6. The van der Waals surface area contributed by atoms with Crippen molar-refractivity contribution in [2.24, 2.45) is 0 Å². The van der Waals surface area contributed by atoms with Crippen LogP contribution >= 0.6 is 0 Å². The van der Waals surface area contributed by atoms with Gasteiger partial charge in [0.05, 0.1) is 10.6 Å². The van der Waals surface area contributed by atoms with Crippen molar-refractivity contribution in [3.05, 3.63) is 63.7 Å². The van der Waals surface area contributed by atoms with Crippen LogP contribution < -0.4 is 10.1 Å². The number of non-ortho nitro benzene ring substituents is 1. The number of hydrogen-bond acceptors (Lipinski definition) is 6. The Hall–Kier alpha value is -3.42. The Balaban J connectivity index is 1.87. The number of ether oxygens (including phenoxy) is 2. The second kappa shape index (κ2) is 8.79. The molecule has 1 atom stereocenters. The summed E-state index contributed by atoms with van der Waals surface area (Å²) >= 11 is 0. The molecule has 27 heavy (non-hydrogen) atoms. The molecule has 2 aromatic carbocycles. The summed E-state index contributed by atoms with van der Waals surface area (Å²) in [6.07, 6.45) is -0.889. The molecule has 0 heterocycles. The monoisotopic (exact) mass is 372 g/mol. The molecule has 0 aliphatic heterocycles. The molecule has 0 fully saturated rings. The van der Waals surface area contributed by atoms with Crippen LogP contribution in [0.2, 0.25) is 0 Å². The van der Waals surface area contributed by atoms with Crippen LogP contribution in [0.25, 0.3) is 0 Å². The van der Waals surface area contributed by atoms with Crippen LogP contribution in [-0.4, -0.2) is 29.5 Å². The van der Waals surface area contributed by atoms with Crippen LogP contribution in [0, 0.1) is 24.0 Å². The number of benzene rings is 2. The number of aryl methyl sites for hydroxylation is 2. The SMILES string of the molecule is Cc1ccc(OC(C)C(=O)OCC(=O)Nc2cc([N+](=O)[O-])ccc2C)cc1. The lowest BCUT2D eigenvalue weighted by atomic mass is 10.2. The summed E-state index contributed by atoms with van der Waals surface area (Å²) < 4.78 is 10.4. The van der Waals surface area contributed by atoms with Crippen molar-refractivity contribution < 1.29 is 24.0 Å². The molecule has 2 aromatic rings. The summed E-state index contributed by atoms with van der Waals surface area (Å²) in [5.74, 6) is -0.780. The molecular weight excluding hydrogens is 352 g/mol. The minimum atomic E-state index is -0.889. The molecule has 0 radical (unpaired) electrons. The van der Waals surface area contributed by atoms with Crippen molar-refractivity contribution in [2.75, 3.05) is 11.9 Å². The van der Waals surface area contributed by atoms with Crippen molar-refractivity contribution in [2.45, 2.75) is 26.9 Å². The molecule has 0 aliphatic rings. The third-order valence-corrected chi connectivity index (χ3v) is 3.72. The van der Waals surface area contributed by atoms with E-state index in [1.807, 2.05) is 19.1 Å². The molecule has 0 saturated heterocycles. The number of carbonyl (C=O) groups excluding carboxylic acids is 2. The van der Waals surface area contributed by atoms with Gasteiger partial charge in [0.2, 0.25) is 0 Å². The van der Waals surface area contributed by atoms with E-state index >= 15 is 0 Å². The maximum atomic E-state index is 12.0. The van der Waals surface area contributed by atoms with Crippen LogP contribution in [0.15, 0.2) is 42.5 Å². The lowest BCUT2D eigenvalue weighted by Crippen LogP contribution is -2.29. The first-order valence-corrected chi connectivity index (χ1v) is 8.21.